The Morgan fingerprint density at radius 1 is 1.07 bits per heavy atom. The summed E-state index contributed by atoms with van der Waals surface area (Å²) in [7, 11) is 0. The standard InChI is InChI=1S/C21H19FN4O2/c1-13(27)24-10-14-11-25(21(28)16(14)12-24)18-7-4-8-19-15(18)9-23-26(19)20-6-3-2-5-17(20)22/h2-9,14,16H,10-12H2,1H3/t14-,16-/m0/s1. The highest BCUT2D eigenvalue weighted by Gasteiger charge is 2.47. The molecule has 142 valence electrons. The fourth-order valence-corrected chi connectivity index (χ4v) is 4.42. The van der Waals surface area contributed by atoms with E-state index in [1.165, 1.54) is 6.07 Å². The molecule has 0 aliphatic carbocycles. The fraction of sp³-hybridized carbons (Fsp3) is 0.286. The van der Waals surface area contributed by atoms with Crippen LogP contribution in [-0.2, 0) is 9.59 Å². The molecule has 2 saturated heterocycles. The van der Waals surface area contributed by atoms with E-state index in [1.807, 2.05) is 18.2 Å². The molecular weight excluding hydrogens is 359 g/mol. The lowest BCUT2D eigenvalue weighted by atomic mass is 10.0. The smallest absolute Gasteiger partial charge is 0.232 e. The molecule has 6 nitrogen and oxygen atoms in total. The fourth-order valence-electron chi connectivity index (χ4n) is 4.42. The molecular formula is C21H19FN4O2. The van der Waals surface area contributed by atoms with Gasteiger partial charge in [-0.2, -0.15) is 5.10 Å². The summed E-state index contributed by atoms with van der Waals surface area (Å²) >= 11 is 0. The van der Waals surface area contributed by atoms with Crippen molar-refractivity contribution in [3.63, 3.8) is 0 Å². The molecule has 2 atom stereocenters. The molecule has 28 heavy (non-hydrogen) atoms. The van der Waals surface area contributed by atoms with Gasteiger partial charge >= 0.3 is 0 Å². The number of amides is 2. The summed E-state index contributed by atoms with van der Waals surface area (Å²) < 4.78 is 15.8. The minimum Gasteiger partial charge on any atom is -0.342 e. The number of carbonyl (C=O) groups is 2. The molecule has 0 saturated carbocycles. The van der Waals surface area contributed by atoms with Crippen LogP contribution in [0, 0.1) is 17.7 Å². The molecule has 0 N–H and O–H groups in total. The molecule has 2 aromatic carbocycles. The first-order valence-electron chi connectivity index (χ1n) is 9.33. The lowest BCUT2D eigenvalue weighted by Gasteiger charge is -2.21. The quantitative estimate of drug-likeness (QED) is 0.689. The molecule has 3 aromatic rings. The van der Waals surface area contributed by atoms with E-state index < -0.39 is 0 Å². The monoisotopic (exact) mass is 378 g/mol. The summed E-state index contributed by atoms with van der Waals surface area (Å²) in [4.78, 5) is 28.2. The van der Waals surface area contributed by atoms with Crippen LogP contribution < -0.4 is 4.90 Å². The first-order valence-corrected chi connectivity index (χ1v) is 9.33. The maximum Gasteiger partial charge on any atom is 0.232 e. The molecule has 0 bridgehead atoms. The van der Waals surface area contributed by atoms with Gasteiger partial charge in [-0.15, -0.1) is 0 Å². The van der Waals surface area contributed by atoms with Gasteiger partial charge in [0.25, 0.3) is 0 Å². The Balaban J connectivity index is 1.53. The summed E-state index contributed by atoms with van der Waals surface area (Å²) in [6, 6.07) is 12.1. The van der Waals surface area contributed by atoms with Crippen molar-refractivity contribution in [3.8, 4) is 5.69 Å². The van der Waals surface area contributed by atoms with E-state index in [0.717, 1.165) is 16.6 Å². The number of nitrogens with zero attached hydrogens (tertiary/aromatic N) is 4. The number of benzene rings is 2. The van der Waals surface area contributed by atoms with Crippen molar-refractivity contribution in [2.75, 3.05) is 24.5 Å². The van der Waals surface area contributed by atoms with Crippen LogP contribution >= 0.6 is 0 Å². The van der Waals surface area contributed by atoms with E-state index in [1.54, 1.807) is 45.8 Å². The zero-order valence-electron chi connectivity index (χ0n) is 15.4. The van der Waals surface area contributed by atoms with Gasteiger partial charge in [0.1, 0.15) is 11.5 Å². The largest absolute Gasteiger partial charge is 0.342 e. The molecule has 1 aromatic heterocycles. The van der Waals surface area contributed by atoms with Crippen LogP contribution in [0.25, 0.3) is 16.6 Å². The van der Waals surface area contributed by atoms with Gasteiger partial charge in [-0.05, 0) is 24.3 Å². The van der Waals surface area contributed by atoms with Crippen LogP contribution in [0.4, 0.5) is 10.1 Å². The Hall–Kier alpha value is -3.22. The maximum absolute atomic E-state index is 14.2. The highest BCUT2D eigenvalue weighted by molar-refractivity contribution is 6.05. The summed E-state index contributed by atoms with van der Waals surface area (Å²) in [6.45, 7) is 3.23. The number of likely N-dealkylation sites (tertiary alicyclic amines) is 1. The van der Waals surface area contributed by atoms with Crippen molar-refractivity contribution in [1.82, 2.24) is 14.7 Å². The molecule has 2 fully saturated rings. The van der Waals surface area contributed by atoms with Crippen LogP contribution in [0.2, 0.25) is 0 Å². The van der Waals surface area contributed by atoms with E-state index in [9.17, 15) is 14.0 Å². The normalized spacial score (nSPS) is 21.6. The second kappa shape index (κ2) is 6.15. The topological polar surface area (TPSA) is 58.4 Å². The minimum absolute atomic E-state index is 0.0158. The summed E-state index contributed by atoms with van der Waals surface area (Å²) in [5.74, 6) is -0.301. The van der Waals surface area contributed by atoms with E-state index in [-0.39, 0.29) is 29.5 Å². The molecule has 2 amide bonds. The molecule has 2 aliphatic rings. The molecule has 0 radical (unpaired) electrons. The number of fused-ring (bicyclic) bond motifs is 2. The van der Waals surface area contributed by atoms with E-state index in [0.29, 0.717) is 25.3 Å². The molecule has 7 heteroatoms. The highest BCUT2D eigenvalue weighted by Crippen LogP contribution is 2.38. The first kappa shape index (κ1) is 16.9. The van der Waals surface area contributed by atoms with Gasteiger partial charge in [0.2, 0.25) is 11.8 Å². The van der Waals surface area contributed by atoms with E-state index in [2.05, 4.69) is 5.10 Å². The first-order chi connectivity index (χ1) is 13.5. The lowest BCUT2D eigenvalue weighted by molar-refractivity contribution is -0.128. The summed E-state index contributed by atoms with van der Waals surface area (Å²) in [5.41, 5.74) is 1.91. The minimum atomic E-state index is -0.353. The lowest BCUT2D eigenvalue weighted by Crippen LogP contribution is -2.34. The molecule has 5 rings (SSSR count). The zero-order valence-corrected chi connectivity index (χ0v) is 15.4. The van der Waals surface area contributed by atoms with Gasteiger partial charge in [-0.3, -0.25) is 9.59 Å². The zero-order chi connectivity index (χ0) is 19.4. The Morgan fingerprint density at radius 2 is 1.86 bits per heavy atom. The SMILES string of the molecule is CC(=O)N1C[C@H]2CN(c3cccc4c3cnn4-c3ccccc3F)C(=O)[C@H]2C1. The number of rotatable bonds is 2. The highest BCUT2D eigenvalue weighted by atomic mass is 19.1. The average molecular weight is 378 g/mol. The van der Waals surface area contributed by atoms with Gasteiger partial charge in [0, 0.05) is 37.9 Å². The van der Waals surface area contributed by atoms with Crippen LogP contribution in [-0.4, -0.2) is 46.1 Å². The van der Waals surface area contributed by atoms with Gasteiger partial charge in [0.15, 0.2) is 0 Å². The Morgan fingerprint density at radius 3 is 2.61 bits per heavy atom. The predicted molar refractivity (Wildman–Crippen MR) is 103 cm³/mol. The third-order valence-corrected chi connectivity index (χ3v) is 5.85. The number of hydrogen-bond acceptors (Lipinski definition) is 3. The van der Waals surface area contributed by atoms with Crippen LogP contribution in [0.15, 0.2) is 48.7 Å². The van der Waals surface area contributed by atoms with E-state index in [4.69, 9.17) is 0 Å². The number of para-hydroxylation sites is 1. The predicted octanol–water partition coefficient (Wildman–Crippen LogP) is 2.61. The van der Waals surface area contributed by atoms with Crippen molar-refractivity contribution in [2.24, 2.45) is 11.8 Å². The Bertz CT molecular complexity index is 1110. The third-order valence-electron chi connectivity index (χ3n) is 5.85. The third kappa shape index (κ3) is 2.42. The number of halogens is 1. The van der Waals surface area contributed by atoms with Gasteiger partial charge in [0.05, 0.1) is 23.3 Å². The average Bonchev–Trinajstić information content (AvgIpc) is 3.36. The van der Waals surface area contributed by atoms with Crippen LogP contribution in [0.3, 0.4) is 0 Å². The van der Waals surface area contributed by atoms with Crippen molar-refractivity contribution >= 4 is 28.4 Å². The summed E-state index contributed by atoms with van der Waals surface area (Å²) in [5, 5.41) is 5.18. The van der Waals surface area contributed by atoms with E-state index >= 15 is 0 Å². The van der Waals surface area contributed by atoms with Gasteiger partial charge in [-0.1, -0.05) is 18.2 Å². The Labute approximate surface area is 161 Å². The molecule has 2 aliphatic heterocycles. The number of aromatic nitrogens is 2. The van der Waals surface area contributed by atoms with Crippen molar-refractivity contribution in [2.45, 2.75) is 6.92 Å². The number of anilines is 1. The Kier molecular flexibility index (Phi) is 3.72. The number of carbonyl (C=O) groups excluding carboxylic acids is 2. The molecule has 0 spiro atoms. The number of hydrogen-bond donors (Lipinski definition) is 0. The van der Waals surface area contributed by atoms with Gasteiger partial charge < -0.3 is 9.80 Å². The second-order valence-electron chi connectivity index (χ2n) is 7.46. The molecule has 3 heterocycles. The van der Waals surface area contributed by atoms with Crippen molar-refractivity contribution < 1.29 is 14.0 Å². The summed E-state index contributed by atoms with van der Waals surface area (Å²) in [6.07, 6.45) is 1.68. The van der Waals surface area contributed by atoms with Crippen molar-refractivity contribution in [3.05, 3.63) is 54.5 Å². The molecule has 0 unspecified atom stereocenters. The van der Waals surface area contributed by atoms with Crippen LogP contribution in [0.5, 0.6) is 0 Å². The van der Waals surface area contributed by atoms with Gasteiger partial charge in [-0.25, -0.2) is 9.07 Å². The van der Waals surface area contributed by atoms with Crippen LogP contribution in [0.1, 0.15) is 6.92 Å². The maximum atomic E-state index is 14.2. The van der Waals surface area contributed by atoms with Crippen molar-refractivity contribution in [1.29, 1.82) is 0 Å². The second-order valence-corrected chi connectivity index (χ2v) is 7.46.